The molecule has 0 aliphatic carbocycles. The third-order valence-corrected chi connectivity index (χ3v) is 4.41. The molecule has 0 radical (unpaired) electrons. The van der Waals surface area contributed by atoms with Crippen LogP contribution in [0.3, 0.4) is 0 Å². The van der Waals surface area contributed by atoms with Gasteiger partial charge in [-0.1, -0.05) is 6.07 Å². The van der Waals surface area contributed by atoms with Gasteiger partial charge in [-0.3, -0.25) is 4.98 Å². The van der Waals surface area contributed by atoms with E-state index in [1.807, 2.05) is 38.1 Å². The Labute approximate surface area is 168 Å². The summed E-state index contributed by atoms with van der Waals surface area (Å²) in [6, 6.07) is 17.3. The lowest BCUT2D eigenvalue weighted by atomic mass is 10.1. The highest BCUT2D eigenvalue weighted by Gasteiger charge is 2.13. The van der Waals surface area contributed by atoms with Crippen LogP contribution < -0.4 is 10.1 Å². The Morgan fingerprint density at radius 1 is 0.897 bits per heavy atom. The molecule has 0 fully saturated rings. The van der Waals surface area contributed by atoms with E-state index in [0.717, 1.165) is 22.6 Å². The first-order valence-corrected chi connectivity index (χ1v) is 9.14. The average Bonchev–Trinajstić information content (AvgIpc) is 2.73. The zero-order valence-corrected chi connectivity index (χ0v) is 16.1. The second-order valence-electron chi connectivity index (χ2n) is 6.56. The average molecular weight is 386 g/mol. The van der Waals surface area contributed by atoms with Crippen molar-refractivity contribution in [2.75, 3.05) is 5.32 Å². The molecule has 1 N–H and O–H groups in total. The van der Waals surface area contributed by atoms with Crippen LogP contribution in [0.1, 0.15) is 11.3 Å². The lowest BCUT2D eigenvalue weighted by molar-refractivity contribution is 0.481. The third kappa shape index (κ3) is 4.38. The Morgan fingerprint density at radius 3 is 2.48 bits per heavy atom. The highest BCUT2D eigenvalue weighted by molar-refractivity contribution is 5.65. The fraction of sp³-hybridized carbons (Fsp3) is 0.0870. The van der Waals surface area contributed by atoms with E-state index in [0.29, 0.717) is 23.0 Å². The first-order valence-electron chi connectivity index (χ1n) is 9.14. The topological polar surface area (TPSA) is 59.9 Å². The van der Waals surface area contributed by atoms with Gasteiger partial charge < -0.3 is 10.1 Å². The van der Waals surface area contributed by atoms with Crippen LogP contribution in [0.15, 0.2) is 73.1 Å². The molecule has 0 atom stereocenters. The number of nitrogens with one attached hydrogen (secondary N) is 1. The quantitative estimate of drug-likeness (QED) is 0.468. The van der Waals surface area contributed by atoms with Crippen LogP contribution >= 0.6 is 0 Å². The first-order chi connectivity index (χ1) is 14.1. The zero-order chi connectivity index (χ0) is 20.2. The number of halogens is 1. The van der Waals surface area contributed by atoms with E-state index >= 15 is 0 Å². The molecule has 0 aliphatic rings. The smallest absolute Gasteiger partial charge is 0.155 e. The van der Waals surface area contributed by atoms with Crippen molar-refractivity contribution in [3.05, 3.63) is 90.1 Å². The standard InChI is InChI=1S/C23H19FN4O/c1-15-13-21(23(27-16(15)2)20-5-3-4-11-25-20)29-19-10-12-26-22(14-19)28-18-8-6-17(24)7-9-18/h3-14H,1-2H3,(H,26,28). The van der Waals surface area contributed by atoms with Crippen molar-refractivity contribution in [1.82, 2.24) is 15.0 Å². The summed E-state index contributed by atoms with van der Waals surface area (Å²) in [5.41, 5.74) is 4.10. The molecule has 29 heavy (non-hydrogen) atoms. The van der Waals surface area contributed by atoms with Gasteiger partial charge in [0.05, 0.1) is 5.69 Å². The lowest BCUT2D eigenvalue weighted by Gasteiger charge is -2.13. The minimum absolute atomic E-state index is 0.287. The maximum atomic E-state index is 13.1. The molecule has 3 heterocycles. The van der Waals surface area contributed by atoms with E-state index in [9.17, 15) is 4.39 Å². The molecule has 6 heteroatoms. The van der Waals surface area contributed by atoms with Crippen molar-refractivity contribution >= 4 is 11.5 Å². The summed E-state index contributed by atoms with van der Waals surface area (Å²) >= 11 is 0. The summed E-state index contributed by atoms with van der Waals surface area (Å²) in [6.45, 7) is 3.95. The molecule has 0 unspecified atom stereocenters. The Balaban J connectivity index is 1.64. The first kappa shape index (κ1) is 18.6. The minimum atomic E-state index is -0.287. The second-order valence-corrected chi connectivity index (χ2v) is 6.56. The monoisotopic (exact) mass is 386 g/mol. The number of anilines is 2. The summed E-state index contributed by atoms with van der Waals surface area (Å²) in [6.07, 6.45) is 3.38. The Bertz CT molecular complexity index is 1130. The number of benzene rings is 1. The number of aromatic nitrogens is 3. The molecule has 0 saturated carbocycles. The molecule has 0 aliphatic heterocycles. The van der Waals surface area contributed by atoms with Gasteiger partial charge in [-0.25, -0.2) is 14.4 Å². The van der Waals surface area contributed by atoms with E-state index in [4.69, 9.17) is 4.74 Å². The predicted octanol–water partition coefficient (Wildman–Crippen LogP) is 5.83. The summed E-state index contributed by atoms with van der Waals surface area (Å²) in [5.74, 6) is 1.52. The number of ether oxygens (including phenoxy) is 1. The molecule has 0 spiro atoms. The van der Waals surface area contributed by atoms with Gasteiger partial charge in [-0.05, 0) is 67.9 Å². The van der Waals surface area contributed by atoms with E-state index in [-0.39, 0.29) is 5.82 Å². The number of hydrogen-bond acceptors (Lipinski definition) is 5. The molecule has 1 aromatic carbocycles. The number of pyridine rings is 3. The van der Waals surface area contributed by atoms with Crippen molar-refractivity contribution in [2.24, 2.45) is 0 Å². The maximum Gasteiger partial charge on any atom is 0.155 e. The van der Waals surface area contributed by atoms with Crippen LogP contribution in [0.2, 0.25) is 0 Å². The third-order valence-electron chi connectivity index (χ3n) is 4.41. The van der Waals surface area contributed by atoms with Crippen molar-refractivity contribution in [1.29, 1.82) is 0 Å². The number of aryl methyl sites for hydroxylation is 2. The van der Waals surface area contributed by atoms with Crippen LogP contribution in [-0.4, -0.2) is 15.0 Å². The van der Waals surface area contributed by atoms with Crippen molar-refractivity contribution in [3.63, 3.8) is 0 Å². The Morgan fingerprint density at radius 2 is 1.72 bits per heavy atom. The van der Waals surface area contributed by atoms with E-state index in [1.54, 1.807) is 36.7 Å². The summed E-state index contributed by atoms with van der Waals surface area (Å²) in [7, 11) is 0. The van der Waals surface area contributed by atoms with Crippen molar-refractivity contribution in [2.45, 2.75) is 13.8 Å². The van der Waals surface area contributed by atoms with Gasteiger partial charge in [0.1, 0.15) is 23.1 Å². The second kappa shape index (κ2) is 8.06. The fourth-order valence-electron chi connectivity index (χ4n) is 2.80. The molecule has 0 bridgehead atoms. The van der Waals surface area contributed by atoms with Gasteiger partial charge in [-0.2, -0.15) is 0 Å². The van der Waals surface area contributed by atoms with Crippen molar-refractivity contribution in [3.8, 4) is 22.9 Å². The summed E-state index contributed by atoms with van der Waals surface area (Å²) < 4.78 is 19.3. The van der Waals surface area contributed by atoms with E-state index in [1.165, 1.54) is 12.1 Å². The van der Waals surface area contributed by atoms with Gasteiger partial charge in [0.15, 0.2) is 5.75 Å². The minimum Gasteiger partial charge on any atom is -0.455 e. The van der Waals surface area contributed by atoms with Gasteiger partial charge in [0, 0.05) is 29.8 Å². The zero-order valence-electron chi connectivity index (χ0n) is 16.1. The van der Waals surface area contributed by atoms with Crippen molar-refractivity contribution < 1.29 is 9.13 Å². The highest BCUT2D eigenvalue weighted by atomic mass is 19.1. The van der Waals surface area contributed by atoms with Gasteiger partial charge >= 0.3 is 0 Å². The molecule has 5 nitrogen and oxygen atoms in total. The normalized spacial score (nSPS) is 10.6. The fourth-order valence-corrected chi connectivity index (χ4v) is 2.80. The number of nitrogens with zero attached hydrogens (tertiary/aromatic N) is 3. The van der Waals surface area contributed by atoms with Crippen LogP contribution in [0.25, 0.3) is 11.4 Å². The van der Waals surface area contributed by atoms with Gasteiger partial charge in [0.25, 0.3) is 0 Å². The van der Waals surface area contributed by atoms with Crippen LogP contribution in [0.4, 0.5) is 15.9 Å². The van der Waals surface area contributed by atoms with Gasteiger partial charge in [0.2, 0.25) is 0 Å². The highest BCUT2D eigenvalue weighted by Crippen LogP contribution is 2.33. The molecule has 4 aromatic rings. The van der Waals surface area contributed by atoms with Gasteiger partial charge in [-0.15, -0.1) is 0 Å². The number of hydrogen-bond donors (Lipinski definition) is 1. The maximum absolute atomic E-state index is 13.1. The summed E-state index contributed by atoms with van der Waals surface area (Å²) in [5, 5.41) is 3.14. The molecule has 0 amide bonds. The van der Waals surface area contributed by atoms with Crippen LogP contribution in [-0.2, 0) is 0 Å². The predicted molar refractivity (Wildman–Crippen MR) is 111 cm³/mol. The Kier molecular flexibility index (Phi) is 5.16. The largest absolute Gasteiger partial charge is 0.455 e. The Hall–Kier alpha value is -3.80. The molecular formula is C23H19FN4O. The molecule has 4 rings (SSSR count). The number of rotatable bonds is 5. The molecular weight excluding hydrogens is 367 g/mol. The molecule has 0 saturated heterocycles. The SMILES string of the molecule is Cc1cc(Oc2ccnc(Nc3ccc(F)cc3)c2)c(-c2ccccn2)nc1C. The lowest BCUT2D eigenvalue weighted by Crippen LogP contribution is -1.98. The summed E-state index contributed by atoms with van der Waals surface area (Å²) in [4.78, 5) is 13.4. The van der Waals surface area contributed by atoms with Crippen LogP contribution in [0.5, 0.6) is 11.5 Å². The van der Waals surface area contributed by atoms with Crippen LogP contribution in [0, 0.1) is 19.7 Å². The molecule has 3 aromatic heterocycles. The molecule has 144 valence electrons. The van der Waals surface area contributed by atoms with E-state index in [2.05, 4.69) is 20.3 Å². The van der Waals surface area contributed by atoms with E-state index < -0.39 is 0 Å².